The Hall–Kier alpha value is -1.95. The van der Waals surface area contributed by atoms with E-state index in [-0.39, 0.29) is 10.6 Å². The first-order valence-electron chi connectivity index (χ1n) is 5.19. The summed E-state index contributed by atoms with van der Waals surface area (Å²) in [5.41, 5.74) is -0.103. The molecule has 0 aliphatic rings. The normalized spacial score (nSPS) is 12.2. The highest BCUT2D eigenvalue weighted by Gasteiger charge is 2.17. The molecule has 1 heterocycles. The van der Waals surface area contributed by atoms with Crippen LogP contribution >= 0.6 is 11.6 Å². The molecule has 1 amide bonds. The lowest BCUT2D eigenvalue weighted by atomic mass is 10.2. The molecule has 0 saturated carbocycles. The van der Waals surface area contributed by atoms with Crippen molar-refractivity contribution in [3.8, 4) is 0 Å². The first-order chi connectivity index (χ1) is 8.59. The molecular weight excluding hydrogens is 259 g/mol. The van der Waals surface area contributed by atoms with E-state index in [9.17, 15) is 9.18 Å². The third-order valence-corrected chi connectivity index (χ3v) is 2.68. The number of amides is 1. The minimum atomic E-state index is -0.735. The zero-order valence-corrected chi connectivity index (χ0v) is 10.2. The van der Waals surface area contributed by atoms with Crippen molar-refractivity contribution in [3.05, 3.63) is 46.8 Å². The molecular formula is C11H10ClFN4O. The number of hydrogen-bond acceptors (Lipinski definition) is 3. The van der Waals surface area contributed by atoms with Crippen LogP contribution in [0.25, 0.3) is 0 Å². The second-order valence-electron chi connectivity index (χ2n) is 3.67. The van der Waals surface area contributed by atoms with Crippen molar-refractivity contribution in [2.45, 2.75) is 13.0 Å². The summed E-state index contributed by atoms with van der Waals surface area (Å²) < 4.78 is 13.6. The predicted molar refractivity (Wildman–Crippen MR) is 63.7 cm³/mol. The zero-order valence-electron chi connectivity index (χ0n) is 9.45. The maximum Gasteiger partial charge on any atom is 0.254 e. The number of hydrogen-bond donors (Lipinski definition) is 2. The second kappa shape index (κ2) is 5.14. The van der Waals surface area contributed by atoms with Crippen LogP contribution in [-0.4, -0.2) is 21.1 Å². The first-order valence-corrected chi connectivity index (χ1v) is 5.57. The molecule has 2 N–H and O–H groups in total. The molecule has 94 valence electrons. The number of carbonyl (C=O) groups excluding carboxylic acids is 1. The number of nitrogens with one attached hydrogen (secondary N) is 2. The number of aromatic nitrogens is 3. The highest BCUT2D eigenvalue weighted by Crippen LogP contribution is 2.18. The van der Waals surface area contributed by atoms with Gasteiger partial charge in [0.05, 0.1) is 16.6 Å². The van der Waals surface area contributed by atoms with Gasteiger partial charge in [0, 0.05) is 0 Å². The van der Waals surface area contributed by atoms with Gasteiger partial charge in [-0.25, -0.2) is 9.37 Å². The third-order valence-electron chi connectivity index (χ3n) is 2.39. The van der Waals surface area contributed by atoms with Crippen molar-refractivity contribution in [1.82, 2.24) is 20.5 Å². The van der Waals surface area contributed by atoms with Crippen molar-refractivity contribution < 1.29 is 9.18 Å². The van der Waals surface area contributed by atoms with Crippen LogP contribution in [0.2, 0.25) is 5.02 Å². The lowest BCUT2D eigenvalue weighted by Gasteiger charge is -2.11. The number of benzene rings is 1. The summed E-state index contributed by atoms with van der Waals surface area (Å²) in [6.07, 6.45) is 1.33. The number of aromatic amines is 1. The van der Waals surface area contributed by atoms with Crippen molar-refractivity contribution in [2.75, 3.05) is 0 Å². The molecule has 5 nitrogen and oxygen atoms in total. The van der Waals surface area contributed by atoms with Crippen LogP contribution in [0.3, 0.4) is 0 Å². The van der Waals surface area contributed by atoms with E-state index in [1.54, 1.807) is 6.92 Å². The number of nitrogens with zero attached hydrogens (tertiary/aromatic N) is 2. The summed E-state index contributed by atoms with van der Waals surface area (Å²) in [5, 5.41) is 8.80. The van der Waals surface area contributed by atoms with E-state index in [1.165, 1.54) is 24.5 Å². The minimum Gasteiger partial charge on any atom is -0.342 e. The molecule has 1 aromatic carbocycles. The van der Waals surface area contributed by atoms with Crippen molar-refractivity contribution >= 4 is 17.5 Å². The van der Waals surface area contributed by atoms with Gasteiger partial charge in [0.15, 0.2) is 5.82 Å². The molecule has 1 unspecified atom stereocenters. The standard InChI is InChI=1S/C11H10ClFN4O/c1-6(10-14-5-15-17-10)16-11(18)7-3-2-4-8(12)9(7)13/h2-6H,1H3,(H,16,18)(H,14,15,17). The first kappa shape index (κ1) is 12.5. The van der Waals surface area contributed by atoms with Crippen LogP contribution in [0.4, 0.5) is 4.39 Å². The van der Waals surface area contributed by atoms with Gasteiger partial charge >= 0.3 is 0 Å². The van der Waals surface area contributed by atoms with E-state index in [0.29, 0.717) is 5.82 Å². The van der Waals surface area contributed by atoms with Crippen LogP contribution in [0.5, 0.6) is 0 Å². The molecule has 0 aliphatic heterocycles. The van der Waals surface area contributed by atoms with Gasteiger partial charge < -0.3 is 5.32 Å². The average Bonchev–Trinajstić information content (AvgIpc) is 2.86. The summed E-state index contributed by atoms with van der Waals surface area (Å²) >= 11 is 5.61. The van der Waals surface area contributed by atoms with Gasteiger partial charge in [-0.15, -0.1) is 0 Å². The highest BCUT2D eigenvalue weighted by molar-refractivity contribution is 6.31. The number of rotatable bonds is 3. The Kier molecular flexibility index (Phi) is 3.57. The Morgan fingerprint density at radius 2 is 2.33 bits per heavy atom. The summed E-state index contributed by atoms with van der Waals surface area (Å²) in [7, 11) is 0. The summed E-state index contributed by atoms with van der Waals surface area (Å²) in [5.74, 6) is -0.800. The highest BCUT2D eigenvalue weighted by atomic mass is 35.5. The molecule has 2 rings (SSSR count). The Bertz CT molecular complexity index is 558. The van der Waals surface area contributed by atoms with Gasteiger partial charge in [-0.2, -0.15) is 5.10 Å². The molecule has 18 heavy (non-hydrogen) atoms. The fraction of sp³-hybridized carbons (Fsp3) is 0.182. The van der Waals surface area contributed by atoms with E-state index < -0.39 is 17.8 Å². The van der Waals surface area contributed by atoms with E-state index in [2.05, 4.69) is 20.5 Å². The summed E-state index contributed by atoms with van der Waals surface area (Å²) in [6.45, 7) is 1.71. The van der Waals surface area contributed by atoms with Crippen LogP contribution in [0.1, 0.15) is 29.1 Å². The Morgan fingerprint density at radius 1 is 1.56 bits per heavy atom. The molecule has 1 atom stereocenters. The van der Waals surface area contributed by atoms with E-state index >= 15 is 0 Å². The van der Waals surface area contributed by atoms with Gasteiger partial charge in [-0.3, -0.25) is 9.89 Å². The largest absolute Gasteiger partial charge is 0.342 e. The van der Waals surface area contributed by atoms with Gasteiger partial charge in [0.1, 0.15) is 12.2 Å². The Morgan fingerprint density at radius 3 is 3.00 bits per heavy atom. The molecule has 7 heteroatoms. The van der Waals surface area contributed by atoms with Crippen LogP contribution in [0.15, 0.2) is 24.5 Å². The molecule has 0 spiro atoms. The molecule has 1 aromatic heterocycles. The monoisotopic (exact) mass is 268 g/mol. The average molecular weight is 269 g/mol. The lowest BCUT2D eigenvalue weighted by molar-refractivity contribution is 0.0934. The van der Waals surface area contributed by atoms with Crippen LogP contribution in [-0.2, 0) is 0 Å². The number of carbonyl (C=O) groups is 1. The maximum atomic E-state index is 13.6. The molecule has 0 radical (unpaired) electrons. The van der Waals surface area contributed by atoms with E-state index in [4.69, 9.17) is 11.6 Å². The Balaban J connectivity index is 2.15. The second-order valence-corrected chi connectivity index (χ2v) is 4.07. The van der Waals surface area contributed by atoms with Gasteiger partial charge in [-0.05, 0) is 19.1 Å². The summed E-state index contributed by atoms with van der Waals surface area (Å²) in [6, 6.07) is 3.86. The van der Waals surface area contributed by atoms with E-state index in [0.717, 1.165) is 0 Å². The SMILES string of the molecule is CC(NC(=O)c1cccc(Cl)c1F)c1ncn[nH]1. The smallest absolute Gasteiger partial charge is 0.254 e. The topological polar surface area (TPSA) is 70.7 Å². The quantitative estimate of drug-likeness (QED) is 0.895. The van der Waals surface area contributed by atoms with Crippen LogP contribution in [0, 0.1) is 5.82 Å². The molecule has 0 saturated heterocycles. The third kappa shape index (κ3) is 2.48. The van der Waals surface area contributed by atoms with Gasteiger partial charge in [-0.1, -0.05) is 17.7 Å². The predicted octanol–water partition coefficient (Wildman–Crippen LogP) is 2.09. The van der Waals surface area contributed by atoms with Crippen molar-refractivity contribution in [1.29, 1.82) is 0 Å². The van der Waals surface area contributed by atoms with Crippen LogP contribution < -0.4 is 5.32 Å². The fourth-order valence-electron chi connectivity index (χ4n) is 1.45. The minimum absolute atomic E-state index is 0.0880. The number of H-pyrrole nitrogens is 1. The van der Waals surface area contributed by atoms with Gasteiger partial charge in [0.25, 0.3) is 5.91 Å². The summed E-state index contributed by atoms with van der Waals surface area (Å²) in [4.78, 5) is 15.8. The lowest BCUT2D eigenvalue weighted by Crippen LogP contribution is -2.28. The van der Waals surface area contributed by atoms with E-state index in [1.807, 2.05) is 0 Å². The van der Waals surface area contributed by atoms with Gasteiger partial charge in [0.2, 0.25) is 0 Å². The zero-order chi connectivity index (χ0) is 13.1. The molecule has 0 fully saturated rings. The molecule has 0 aliphatic carbocycles. The Labute approximate surface area is 107 Å². The number of halogens is 2. The van der Waals surface area contributed by atoms with Crippen molar-refractivity contribution in [3.63, 3.8) is 0 Å². The fourth-order valence-corrected chi connectivity index (χ4v) is 1.62. The molecule has 2 aromatic rings. The molecule has 0 bridgehead atoms. The maximum absolute atomic E-state index is 13.6. The van der Waals surface area contributed by atoms with Crippen molar-refractivity contribution in [2.24, 2.45) is 0 Å².